The maximum Gasteiger partial charge on any atom is 0.315 e. The monoisotopic (exact) mass is 260 g/mol. The second kappa shape index (κ2) is 6.89. The van der Waals surface area contributed by atoms with Gasteiger partial charge in [0.1, 0.15) is 0 Å². The summed E-state index contributed by atoms with van der Waals surface area (Å²) in [5.41, 5.74) is 1.29. The van der Waals surface area contributed by atoms with Gasteiger partial charge in [-0.2, -0.15) is 0 Å². The van der Waals surface area contributed by atoms with E-state index in [0.717, 1.165) is 19.5 Å². The zero-order valence-electron chi connectivity index (χ0n) is 11.4. The quantitative estimate of drug-likeness (QED) is 0.800. The molecule has 5 heteroatoms. The van der Waals surface area contributed by atoms with Crippen molar-refractivity contribution in [3.05, 3.63) is 41.8 Å². The smallest absolute Gasteiger partial charge is 0.315 e. The van der Waals surface area contributed by atoms with Crippen LogP contribution in [0.1, 0.15) is 31.3 Å². The van der Waals surface area contributed by atoms with Crippen molar-refractivity contribution in [3.8, 4) is 0 Å². The van der Waals surface area contributed by atoms with Gasteiger partial charge in [-0.1, -0.05) is 42.4 Å². The van der Waals surface area contributed by atoms with Crippen LogP contribution in [-0.2, 0) is 6.42 Å². The molecule has 0 saturated carbocycles. The fourth-order valence-corrected chi connectivity index (χ4v) is 1.83. The second-order valence-corrected chi connectivity index (χ2v) is 4.39. The van der Waals surface area contributed by atoms with Crippen LogP contribution in [0, 0.1) is 0 Å². The Kier molecular flexibility index (Phi) is 4.92. The number of benzene rings is 1. The van der Waals surface area contributed by atoms with Gasteiger partial charge in [-0.3, -0.25) is 0 Å². The average molecular weight is 260 g/mol. The van der Waals surface area contributed by atoms with Crippen molar-refractivity contribution in [3.63, 3.8) is 0 Å². The predicted molar refractivity (Wildman–Crippen MR) is 75.0 cm³/mol. The molecule has 0 spiro atoms. The first-order valence-electron chi connectivity index (χ1n) is 6.64. The third kappa shape index (κ3) is 4.06. The number of aromatic nitrogens is 2. The number of anilines is 1. The van der Waals surface area contributed by atoms with Gasteiger partial charge in [0.2, 0.25) is 5.89 Å². The second-order valence-electron chi connectivity index (χ2n) is 4.39. The molecule has 0 saturated heterocycles. The van der Waals surface area contributed by atoms with Gasteiger partial charge >= 0.3 is 6.01 Å². The highest BCUT2D eigenvalue weighted by Gasteiger charge is 2.12. The molecule has 2 N–H and O–H groups in total. The lowest BCUT2D eigenvalue weighted by Gasteiger charge is -2.06. The van der Waals surface area contributed by atoms with Crippen LogP contribution < -0.4 is 10.6 Å². The SMILES string of the molecule is CCNC(C)c1nnc(NCCc2ccccc2)o1. The highest BCUT2D eigenvalue weighted by molar-refractivity contribution is 5.20. The molecule has 102 valence electrons. The molecular formula is C14H20N4O. The average Bonchev–Trinajstić information content (AvgIpc) is 2.89. The summed E-state index contributed by atoms with van der Waals surface area (Å²) in [4.78, 5) is 0. The number of hydrogen-bond acceptors (Lipinski definition) is 5. The van der Waals surface area contributed by atoms with Crippen LogP contribution in [0.3, 0.4) is 0 Å². The molecule has 0 radical (unpaired) electrons. The Morgan fingerprint density at radius 1 is 1.21 bits per heavy atom. The standard InChI is InChI=1S/C14H20N4O/c1-3-15-11(2)13-17-18-14(19-13)16-10-9-12-7-5-4-6-8-12/h4-8,11,15H,3,9-10H2,1-2H3,(H,16,18). The molecule has 1 atom stereocenters. The van der Waals surface area contributed by atoms with E-state index >= 15 is 0 Å². The lowest BCUT2D eigenvalue weighted by atomic mass is 10.1. The van der Waals surface area contributed by atoms with Gasteiger partial charge < -0.3 is 15.1 Å². The molecule has 0 aliphatic rings. The number of nitrogens with zero attached hydrogens (tertiary/aromatic N) is 2. The fraction of sp³-hybridized carbons (Fsp3) is 0.429. The van der Waals surface area contributed by atoms with Gasteiger partial charge in [0.05, 0.1) is 6.04 Å². The normalized spacial score (nSPS) is 12.3. The highest BCUT2D eigenvalue weighted by atomic mass is 16.4. The Bertz CT molecular complexity index is 483. The van der Waals surface area contributed by atoms with Crippen LogP contribution in [0.4, 0.5) is 6.01 Å². The number of rotatable bonds is 7. The molecule has 1 aromatic carbocycles. The van der Waals surface area contributed by atoms with Crippen molar-refractivity contribution in [2.45, 2.75) is 26.3 Å². The van der Waals surface area contributed by atoms with Crippen molar-refractivity contribution in [1.82, 2.24) is 15.5 Å². The molecule has 5 nitrogen and oxygen atoms in total. The van der Waals surface area contributed by atoms with Gasteiger partial charge in [0.15, 0.2) is 0 Å². The largest absolute Gasteiger partial charge is 0.406 e. The maximum atomic E-state index is 5.54. The van der Waals surface area contributed by atoms with E-state index in [9.17, 15) is 0 Å². The Balaban J connectivity index is 1.80. The zero-order valence-corrected chi connectivity index (χ0v) is 11.4. The minimum Gasteiger partial charge on any atom is -0.406 e. The first-order valence-corrected chi connectivity index (χ1v) is 6.64. The first kappa shape index (κ1) is 13.5. The van der Waals surface area contributed by atoms with Gasteiger partial charge in [-0.05, 0) is 25.5 Å². The summed E-state index contributed by atoms with van der Waals surface area (Å²) in [5.74, 6) is 0.615. The number of nitrogens with one attached hydrogen (secondary N) is 2. The zero-order chi connectivity index (χ0) is 13.5. The summed E-state index contributed by atoms with van der Waals surface area (Å²) >= 11 is 0. The van der Waals surface area contributed by atoms with E-state index in [-0.39, 0.29) is 6.04 Å². The van der Waals surface area contributed by atoms with E-state index in [1.165, 1.54) is 5.56 Å². The molecule has 1 heterocycles. The van der Waals surface area contributed by atoms with E-state index in [0.29, 0.717) is 11.9 Å². The minimum absolute atomic E-state index is 0.0853. The summed E-state index contributed by atoms with van der Waals surface area (Å²) in [7, 11) is 0. The van der Waals surface area contributed by atoms with Gasteiger partial charge in [-0.15, -0.1) is 5.10 Å². The van der Waals surface area contributed by atoms with Crippen molar-refractivity contribution in [2.24, 2.45) is 0 Å². The third-order valence-corrected chi connectivity index (χ3v) is 2.85. The molecule has 19 heavy (non-hydrogen) atoms. The lowest BCUT2D eigenvalue weighted by molar-refractivity contribution is 0.429. The van der Waals surface area contributed by atoms with Crippen LogP contribution in [0.5, 0.6) is 0 Å². The summed E-state index contributed by atoms with van der Waals surface area (Å²) in [5, 5.41) is 14.4. The summed E-state index contributed by atoms with van der Waals surface area (Å²) in [6, 6.07) is 10.9. The van der Waals surface area contributed by atoms with Crippen molar-refractivity contribution < 1.29 is 4.42 Å². The summed E-state index contributed by atoms with van der Waals surface area (Å²) in [6.07, 6.45) is 0.932. The van der Waals surface area contributed by atoms with E-state index in [2.05, 4.69) is 33.0 Å². The molecule has 2 aromatic rings. The molecule has 1 aromatic heterocycles. The van der Waals surface area contributed by atoms with Crippen LogP contribution >= 0.6 is 0 Å². The van der Waals surface area contributed by atoms with Crippen LogP contribution in [0.2, 0.25) is 0 Å². The minimum atomic E-state index is 0.0853. The molecular weight excluding hydrogens is 240 g/mol. The van der Waals surface area contributed by atoms with E-state index in [4.69, 9.17) is 4.42 Å². The molecule has 0 bridgehead atoms. The van der Waals surface area contributed by atoms with Crippen LogP contribution in [-0.4, -0.2) is 23.3 Å². The molecule has 0 aliphatic heterocycles. The summed E-state index contributed by atoms with van der Waals surface area (Å²) in [6.45, 7) is 5.71. The highest BCUT2D eigenvalue weighted by Crippen LogP contribution is 2.13. The van der Waals surface area contributed by atoms with E-state index in [1.54, 1.807) is 0 Å². The molecule has 0 amide bonds. The van der Waals surface area contributed by atoms with Crippen molar-refractivity contribution in [2.75, 3.05) is 18.4 Å². The van der Waals surface area contributed by atoms with Gasteiger partial charge in [0, 0.05) is 6.54 Å². The van der Waals surface area contributed by atoms with E-state index < -0.39 is 0 Å². The van der Waals surface area contributed by atoms with Crippen molar-refractivity contribution in [1.29, 1.82) is 0 Å². The fourth-order valence-electron chi connectivity index (χ4n) is 1.83. The first-order chi connectivity index (χ1) is 9.29. The molecule has 0 aliphatic carbocycles. The Labute approximate surface area is 113 Å². The number of hydrogen-bond donors (Lipinski definition) is 2. The van der Waals surface area contributed by atoms with Crippen molar-refractivity contribution >= 4 is 6.01 Å². The summed E-state index contributed by atoms with van der Waals surface area (Å²) < 4.78 is 5.54. The lowest BCUT2D eigenvalue weighted by Crippen LogP contribution is -2.17. The van der Waals surface area contributed by atoms with Gasteiger partial charge in [0.25, 0.3) is 0 Å². The Morgan fingerprint density at radius 2 is 2.00 bits per heavy atom. The Morgan fingerprint density at radius 3 is 2.74 bits per heavy atom. The Hall–Kier alpha value is -1.88. The molecule has 1 unspecified atom stereocenters. The van der Waals surface area contributed by atoms with Crippen LogP contribution in [0.25, 0.3) is 0 Å². The molecule has 2 rings (SSSR count). The molecule has 0 fully saturated rings. The third-order valence-electron chi connectivity index (χ3n) is 2.85. The topological polar surface area (TPSA) is 63.0 Å². The van der Waals surface area contributed by atoms with Crippen LogP contribution in [0.15, 0.2) is 34.7 Å². The predicted octanol–water partition coefficient (Wildman–Crippen LogP) is 2.39. The van der Waals surface area contributed by atoms with Gasteiger partial charge in [-0.25, -0.2) is 0 Å². The maximum absolute atomic E-state index is 5.54. The van der Waals surface area contributed by atoms with E-state index in [1.807, 2.05) is 32.0 Å².